The van der Waals surface area contributed by atoms with Gasteiger partial charge in [0.2, 0.25) is 0 Å². The first kappa shape index (κ1) is 19.1. The number of ether oxygens (including phenoxy) is 2. The van der Waals surface area contributed by atoms with Crippen molar-refractivity contribution in [2.45, 2.75) is 12.1 Å². The number of nitrogens with zero attached hydrogens (tertiary/aromatic N) is 2. The van der Waals surface area contributed by atoms with E-state index in [-0.39, 0.29) is 18.1 Å². The van der Waals surface area contributed by atoms with Crippen LogP contribution in [0.1, 0.15) is 11.6 Å². The molecule has 6 nitrogen and oxygen atoms in total. The summed E-state index contributed by atoms with van der Waals surface area (Å²) in [5.41, 5.74) is 1.92. The Kier molecular flexibility index (Phi) is 5.71. The zero-order chi connectivity index (χ0) is 19.5. The molecule has 2 heterocycles. The lowest BCUT2D eigenvalue weighted by molar-refractivity contribution is -0.0748. The van der Waals surface area contributed by atoms with Crippen LogP contribution in [0.2, 0.25) is 5.02 Å². The van der Waals surface area contributed by atoms with E-state index in [0.29, 0.717) is 42.8 Å². The number of hydrogen-bond acceptors (Lipinski definition) is 4. The average Bonchev–Trinajstić information content (AvgIpc) is 2.73. The van der Waals surface area contributed by atoms with Gasteiger partial charge in [0.05, 0.1) is 37.4 Å². The summed E-state index contributed by atoms with van der Waals surface area (Å²) in [5.74, 6) is 0.583. The molecule has 2 aliphatic heterocycles. The number of amides is 2. The zero-order valence-electron chi connectivity index (χ0n) is 15.8. The summed E-state index contributed by atoms with van der Waals surface area (Å²) in [5, 5.41) is 3.40. The zero-order valence-corrected chi connectivity index (χ0v) is 16.6. The number of urea groups is 1. The fourth-order valence-corrected chi connectivity index (χ4v) is 4.19. The molecule has 2 atom stereocenters. The van der Waals surface area contributed by atoms with Gasteiger partial charge in [-0.05, 0) is 23.8 Å². The molecular weight excluding hydrogens is 378 g/mol. The monoisotopic (exact) mass is 401 g/mol. The van der Waals surface area contributed by atoms with Crippen LogP contribution in [-0.2, 0) is 4.74 Å². The Bertz CT molecular complexity index is 833. The van der Waals surface area contributed by atoms with Crippen LogP contribution in [0.25, 0.3) is 0 Å². The molecule has 2 aromatic carbocycles. The van der Waals surface area contributed by atoms with Crippen LogP contribution in [-0.4, -0.2) is 61.8 Å². The lowest BCUT2D eigenvalue weighted by Crippen LogP contribution is -2.60. The second kappa shape index (κ2) is 8.39. The first-order valence-electron chi connectivity index (χ1n) is 9.43. The molecule has 0 saturated carbocycles. The van der Waals surface area contributed by atoms with Crippen molar-refractivity contribution in [1.82, 2.24) is 9.80 Å². The lowest BCUT2D eigenvalue weighted by atomic mass is 10.0. The van der Waals surface area contributed by atoms with E-state index in [4.69, 9.17) is 21.1 Å². The fraction of sp³-hybridized carbons (Fsp3) is 0.381. The number of fused-ring (bicyclic) bond motifs is 1. The minimum atomic E-state index is -0.122. The van der Waals surface area contributed by atoms with Crippen molar-refractivity contribution >= 4 is 23.3 Å². The van der Waals surface area contributed by atoms with E-state index in [1.807, 2.05) is 11.0 Å². The Labute approximate surface area is 170 Å². The van der Waals surface area contributed by atoms with Gasteiger partial charge in [0.15, 0.2) is 0 Å². The highest BCUT2D eigenvalue weighted by molar-refractivity contribution is 6.32. The molecule has 7 heteroatoms. The van der Waals surface area contributed by atoms with Crippen molar-refractivity contribution < 1.29 is 14.3 Å². The van der Waals surface area contributed by atoms with Gasteiger partial charge >= 0.3 is 6.03 Å². The largest absolute Gasteiger partial charge is 0.495 e. The highest BCUT2D eigenvalue weighted by Crippen LogP contribution is 2.30. The molecule has 2 aliphatic rings. The number of rotatable bonds is 3. The highest BCUT2D eigenvalue weighted by Gasteiger charge is 2.37. The molecule has 0 spiro atoms. The van der Waals surface area contributed by atoms with Gasteiger partial charge in [-0.15, -0.1) is 0 Å². The number of morpholine rings is 1. The molecule has 0 bridgehead atoms. The Morgan fingerprint density at radius 1 is 1.18 bits per heavy atom. The number of carbonyl (C=O) groups excluding carboxylic acids is 1. The molecule has 2 amide bonds. The lowest BCUT2D eigenvalue weighted by Gasteiger charge is -2.48. The Hall–Kier alpha value is -2.28. The maximum atomic E-state index is 12.7. The smallest absolute Gasteiger partial charge is 0.321 e. The molecule has 0 aliphatic carbocycles. The predicted octanol–water partition coefficient (Wildman–Crippen LogP) is 3.64. The third-order valence-electron chi connectivity index (χ3n) is 5.39. The van der Waals surface area contributed by atoms with E-state index in [2.05, 4.69) is 34.5 Å². The minimum Gasteiger partial charge on any atom is -0.495 e. The van der Waals surface area contributed by atoms with Crippen molar-refractivity contribution in [3.8, 4) is 5.75 Å². The molecule has 0 aromatic heterocycles. The number of halogens is 1. The van der Waals surface area contributed by atoms with Crippen LogP contribution in [0, 0.1) is 0 Å². The normalized spacial score (nSPS) is 22.4. The van der Waals surface area contributed by atoms with E-state index in [1.165, 1.54) is 5.56 Å². The topological polar surface area (TPSA) is 54.0 Å². The minimum absolute atomic E-state index is 0.122. The quantitative estimate of drug-likeness (QED) is 0.853. The molecule has 1 N–H and O–H groups in total. The SMILES string of the molecule is COc1ccc(NC(=O)N2CCN3[C@@H](COC[C@@H]3c3ccccc3)C2)cc1Cl. The van der Waals surface area contributed by atoms with Crippen molar-refractivity contribution in [2.24, 2.45) is 0 Å². The molecule has 2 fully saturated rings. The average molecular weight is 402 g/mol. The summed E-state index contributed by atoms with van der Waals surface area (Å²) in [4.78, 5) is 17.0. The summed E-state index contributed by atoms with van der Waals surface area (Å²) in [7, 11) is 1.56. The number of nitrogens with one attached hydrogen (secondary N) is 1. The maximum Gasteiger partial charge on any atom is 0.321 e. The molecule has 2 aromatic rings. The second-order valence-electron chi connectivity index (χ2n) is 7.08. The maximum absolute atomic E-state index is 12.7. The Morgan fingerprint density at radius 2 is 2.00 bits per heavy atom. The van der Waals surface area contributed by atoms with Crippen LogP contribution in [0.4, 0.5) is 10.5 Å². The third kappa shape index (κ3) is 3.94. The number of anilines is 1. The van der Waals surface area contributed by atoms with Gasteiger partial charge < -0.3 is 19.7 Å². The van der Waals surface area contributed by atoms with Crippen LogP contribution in [0.5, 0.6) is 5.75 Å². The van der Waals surface area contributed by atoms with E-state index >= 15 is 0 Å². The summed E-state index contributed by atoms with van der Waals surface area (Å²) in [6.45, 7) is 3.47. The van der Waals surface area contributed by atoms with Gasteiger partial charge in [-0.2, -0.15) is 0 Å². The van der Waals surface area contributed by atoms with Crippen LogP contribution < -0.4 is 10.1 Å². The van der Waals surface area contributed by atoms with Gasteiger partial charge in [0.1, 0.15) is 5.75 Å². The Morgan fingerprint density at radius 3 is 2.75 bits per heavy atom. The van der Waals surface area contributed by atoms with Crippen LogP contribution in [0.3, 0.4) is 0 Å². The summed E-state index contributed by atoms with van der Waals surface area (Å²) >= 11 is 6.15. The molecular formula is C21H24ClN3O3. The molecule has 28 heavy (non-hydrogen) atoms. The fourth-order valence-electron chi connectivity index (χ4n) is 3.93. The summed E-state index contributed by atoms with van der Waals surface area (Å²) in [6.07, 6.45) is 0. The molecule has 148 valence electrons. The van der Waals surface area contributed by atoms with E-state index in [9.17, 15) is 4.79 Å². The van der Waals surface area contributed by atoms with Gasteiger partial charge in [0.25, 0.3) is 0 Å². The number of methoxy groups -OCH3 is 1. The van der Waals surface area contributed by atoms with Crippen LogP contribution >= 0.6 is 11.6 Å². The second-order valence-corrected chi connectivity index (χ2v) is 7.49. The number of piperazine rings is 1. The van der Waals surface area contributed by atoms with Crippen molar-refractivity contribution in [1.29, 1.82) is 0 Å². The van der Waals surface area contributed by atoms with Crippen LogP contribution in [0.15, 0.2) is 48.5 Å². The molecule has 2 saturated heterocycles. The molecule has 0 radical (unpaired) electrons. The van der Waals surface area contributed by atoms with Gasteiger partial charge in [-0.25, -0.2) is 4.79 Å². The summed E-state index contributed by atoms with van der Waals surface area (Å²) in [6, 6.07) is 16.0. The standard InChI is InChI=1S/C21H24ClN3O3/c1-27-20-8-7-16(11-18(20)22)23-21(26)24-9-10-25-17(12-24)13-28-14-19(25)15-5-3-2-4-6-15/h2-8,11,17,19H,9-10,12-14H2,1H3,(H,23,26)/t17-,19-/m1/s1. The molecule has 4 rings (SSSR count). The first-order chi connectivity index (χ1) is 13.7. The Balaban J connectivity index is 1.41. The van der Waals surface area contributed by atoms with Gasteiger partial charge in [0, 0.05) is 25.3 Å². The van der Waals surface area contributed by atoms with E-state index in [0.717, 1.165) is 6.54 Å². The van der Waals surface area contributed by atoms with Crippen molar-refractivity contribution in [2.75, 3.05) is 45.3 Å². The number of benzene rings is 2. The van der Waals surface area contributed by atoms with E-state index < -0.39 is 0 Å². The highest BCUT2D eigenvalue weighted by atomic mass is 35.5. The predicted molar refractivity (Wildman–Crippen MR) is 109 cm³/mol. The van der Waals surface area contributed by atoms with Gasteiger partial charge in [-0.1, -0.05) is 41.9 Å². The van der Waals surface area contributed by atoms with Crippen molar-refractivity contribution in [3.63, 3.8) is 0 Å². The first-order valence-corrected chi connectivity index (χ1v) is 9.81. The molecule has 0 unspecified atom stereocenters. The third-order valence-corrected chi connectivity index (χ3v) is 5.68. The summed E-state index contributed by atoms with van der Waals surface area (Å²) < 4.78 is 11.0. The number of hydrogen-bond donors (Lipinski definition) is 1. The van der Waals surface area contributed by atoms with Gasteiger partial charge in [-0.3, -0.25) is 4.90 Å². The number of carbonyl (C=O) groups is 1. The van der Waals surface area contributed by atoms with E-state index in [1.54, 1.807) is 25.3 Å². The van der Waals surface area contributed by atoms with Crippen molar-refractivity contribution in [3.05, 3.63) is 59.1 Å².